The van der Waals surface area contributed by atoms with Gasteiger partial charge in [0.2, 0.25) is 0 Å². The van der Waals surface area contributed by atoms with Crippen molar-refractivity contribution >= 4 is 0 Å². The molecule has 3 aliphatic carbocycles. The first-order valence-corrected chi connectivity index (χ1v) is 13.1. The van der Waals surface area contributed by atoms with Crippen LogP contribution in [0.1, 0.15) is 48.8 Å². The van der Waals surface area contributed by atoms with Crippen molar-refractivity contribution in [1.82, 2.24) is 0 Å². The fraction of sp³-hybridized carbons (Fsp3) is 0.200. The number of rotatable bonds is 4. The Morgan fingerprint density at radius 2 is 1.29 bits per heavy atom. The highest BCUT2D eigenvalue weighted by atomic mass is 14.5. The van der Waals surface area contributed by atoms with Crippen LogP contribution in [0.5, 0.6) is 0 Å². The van der Waals surface area contributed by atoms with Gasteiger partial charge in [-0.2, -0.15) is 0 Å². The number of hydrogen-bond donors (Lipinski definition) is 0. The summed E-state index contributed by atoms with van der Waals surface area (Å²) in [7, 11) is 0. The van der Waals surface area contributed by atoms with Crippen molar-refractivity contribution in [3.8, 4) is 33.4 Å². The first-order valence-electron chi connectivity index (χ1n) is 13.1. The van der Waals surface area contributed by atoms with Crippen LogP contribution in [0.15, 0.2) is 115 Å². The predicted octanol–water partition coefficient (Wildman–Crippen LogP) is 9.29. The summed E-state index contributed by atoms with van der Waals surface area (Å²) in [6, 6.07) is 33.8. The van der Waals surface area contributed by atoms with Crippen LogP contribution >= 0.6 is 0 Å². The second-order valence-corrected chi connectivity index (χ2v) is 10.4. The molecule has 1 saturated carbocycles. The van der Waals surface area contributed by atoms with Crippen LogP contribution in [0, 0.1) is 0 Å². The second-order valence-electron chi connectivity index (χ2n) is 10.4. The summed E-state index contributed by atoms with van der Waals surface area (Å²) in [6.07, 6.45) is 14.4. The van der Waals surface area contributed by atoms with Crippen molar-refractivity contribution in [2.24, 2.45) is 0 Å². The number of benzene rings is 4. The third kappa shape index (κ3) is 3.27. The molecule has 0 radical (unpaired) electrons. The molecule has 35 heavy (non-hydrogen) atoms. The van der Waals surface area contributed by atoms with Gasteiger partial charge >= 0.3 is 0 Å². The van der Waals surface area contributed by atoms with E-state index in [2.05, 4.69) is 109 Å². The van der Waals surface area contributed by atoms with Gasteiger partial charge in [-0.05, 0) is 75.8 Å². The third-order valence-electron chi connectivity index (χ3n) is 8.59. The van der Waals surface area contributed by atoms with Crippen LogP contribution < -0.4 is 0 Å². The normalized spacial score (nSPS) is 17.3. The lowest BCUT2D eigenvalue weighted by Crippen LogP contribution is -2.27. The van der Waals surface area contributed by atoms with E-state index in [9.17, 15) is 0 Å². The van der Waals surface area contributed by atoms with Gasteiger partial charge in [-0.25, -0.2) is 0 Å². The molecule has 0 saturated heterocycles. The molecular weight excluding hydrogens is 420 g/mol. The summed E-state index contributed by atoms with van der Waals surface area (Å²) >= 11 is 0. The zero-order valence-electron chi connectivity index (χ0n) is 20.1. The van der Waals surface area contributed by atoms with Gasteiger partial charge < -0.3 is 0 Å². The minimum atomic E-state index is 0.157. The fourth-order valence-corrected chi connectivity index (χ4v) is 7.00. The minimum absolute atomic E-state index is 0.157. The number of hydrogen-bond acceptors (Lipinski definition) is 0. The zero-order valence-corrected chi connectivity index (χ0v) is 20.1. The molecule has 0 bridgehead atoms. The van der Waals surface area contributed by atoms with Crippen molar-refractivity contribution in [1.29, 1.82) is 0 Å². The highest BCUT2D eigenvalue weighted by molar-refractivity contribution is 5.86. The van der Waals surface area contributed by atoms with Crippen LogP contribution in [0.4, 0.5) is 0 Å². The van der Waals surface area contributed by atoms with E-state index < -0.39 is 0 Å². The van der Waals surface area contributed by atoms with E-state index in [1.165, 1.54) is 64.6 Å². The first kappa shape index (κ1) is 20.7. The van der Waals surface area contributed by atoms with Crippen LogP contribution in [0.2, 0.25) is 0 Å². The van der Waals surface area contributed by atoms with Crippen molar-refractivity contribution < 1.29 is 0 Å². The Hall–Kier alpha value is -3.64. The van der Waals surface area contributed by atoms with Gasteiger partial charge in [0.1, 0.15) is 0 Å². The standard InChI is InChI=1S/C35H30/c1-3-11-25(12-4-1)27-17-18-30-28(23-27)24-33-32(30)20-19-31(26-13-5-2-6-14-26)34(33)35(21-9-10-22-35)29-15-7-8-16-29/h1-8,11-15,17-20,23H,9-10,16,21-22,24H2. The highest BCUT2D eigenvalue weighted by Gasteiger charge is 2.43. The smallest absolute Gasteiger partial charge is 0.0177 e. The molecule has 0 heteroatoms. The number of fused-ring (bicyclic) bond motifs is 3. The maximum atomic E-state index is 2.44. The maximum absolute atomic E-state index is 2.44. The van der Waals surface area contributed by atoms with Gasteiger partial charge in [-0.1, -0.05) is 128 Å². The van der Waals surface area contributed by atoms with E-state index in [4.69, 9.17) is 0 Å². The molecule has 0 N–H and O–H groups in total. The monoisotopic (exact) mass is 450 g/mol. The van der Waals surface area contributed by atoms with Crippen LogP contribution in [-0.2, 0) is 11.8 Å². The molecule has 0 aromatic heterocycles. The lowest BCUT2D eigenvalue weighted by molar-refractivity contribution is 0.513. The van der Waals surface area contributed by atoms with Crippen LogP contribution in [0.3, 0.4) is 0 Å². The Balaban J connectivity index is 1.44. The average Bonchev–Trinajstić information content (AvgIpc) is 3.69. The topological polar surface area (TPSA) is 0 Å². The van der Waals surface area contributed by atoms with Gasteiger partial charge in [0, 0.05) is 5.41 Å². The molecule has 0 amide bonds. The van der Waals surface area contributed by atoms with Gasteiger partial charge in [0.05, 0.1) is 0 Å². The molecule has 0 spiro atoms. The molecule has 0 unspecified atom stereocenters. The molecule has 170 valence electrons. The molecule has 4 aromatic rings. The molecule has 3 aliphatic rings. The molecule has 1 fully saturated rings. The van der Waals surface area contributed by atoms with E-state index in [1.807, 2.05) is 0 Å². The zero-order chi connectivity index (χ0) is 23.2. The lowest BCUT2D eigenvalue weighted by Gasteiger charge is -2.36. The van der Waals surface area contributed by atoms with E-state index in [1.54, 1.807) is 16.7 Å². The maximum Gasteiger partial charge on any atom is 0.0177 e. The lowest BCUT2D eigenvalue weighted by atomic mass is 9.67. The molecule has 0 aliphatic heterocycles. The summed E-state index contributed by atoms with van der Waals surface area (Å²) in [5, 5.41) is 0. The summed E-state index contributed by atoms with van der Waals surface area (Å²) in [4.78, 5) is 0. The Morgan fingerprint density at radius 1 is 0.600 bits per heavy atom. The molecule has 4 aromatic carbocycles. The quantitative estimate of drug-likeness (QED) is 0.256. The molecule has 0 heterocycles. The Bertz CT molecular complexity index is 1460. The van der Waals surface area contributed by atoms with Gasteiger partial charge in [-0.3, -0.25) is 0 Å². The predicted molar refractivity (Wildman–Crippen MR) is 148 cm³/mol. The Morgan fingerprint density at radius 3 is 2.00 bits per heavy atom. The van der Waals surface area contributed by atoms with Crippen molar-refractivity contribution in [3.63, 3.8) is 0 Å². The molecule has 0 atom stereocenters. The fourth-order valence-electron chi connectivity index (χ4n) is 7.00. The molecule has 7 rings (SSSR count). The van der Waals surface area contributed by atoms with E-state index >= 15 is 0 Å². The minimum Gasteiger partial charge on any atom is -0.0804 e. The largest absolute Gasteiger partial charge is 0.0804 e. The summed E-state index contributed by atoms with van der Waals surface area (Å²) in [6.45, 7) is 0. The Kier molecular flexibility index (Phi) is 4.87. The van der Waals surface area contributed by atoms with Crippen LogP contribution in [0.25, 0.3) is 33.4 Å². The van der Waals surface area contributed by atoms with Crippen molar-refractivity contribution in [2.45, 2.75) is 43.9 Å². The van der Waals surface area contributed by atoms with Crippen molar-refractivity contribution in [3.05, 3.63) is 131 Å². The Labute approximate surface area is 208 Å². The second kappa shape index (κ2) is 8.24. The average molecular weight is 451 g/mol. The number of allylic oxidation sites excluding steroid dienone is 4. The van der Waals surface area contributed by atoms with E-state index in [-0.39, 0.29) is 5.41 Å². The van der Waals surface area contributed by atoms with Crippen LogP contribution in [-0.4, -0.2) is 0 Å². The summed E-state index contributed by atoms with van der Waals surface area (Å²) in [5.41, 5.74) is 14.7. The highest BCUT2D eigenvalue weighted by Crippen LogP contribution is 2.55. The van der Waals surface area contributed by atoms with Gasteiger partial charge in [0.15, 0.2) is 0 Å². The van der Waals surface area contributed by atoms with Crippen molar-refractivity contribution in [2.75, 3.05) is 0 Å². The van der Waals surface area contributed by atoms with E-state index in [0.717, 1.165) is 12.8 Å². The van der Waals surface area contributed by atoms with Gasteiger partial charge in [-0.15, -0.1) is 0 Å². The summed E-state index contributed by atoms with van der Waals surface area (Å²) in [5.74, 6) is 0. The third-order valence-corrected chi connectivity index (χ3v) is 8.59. The van der Waals surface area contributed by atoms with E-state index in [0.29, 0.717) is 0 Å². The first-order chi connectivity index (χ1) is 17.3. The summed E-state index contributed by atoms with van der Waals surface area (Å²) < 4.78 is 0. The van der Waals surface area contributed by atoms with Gasteiger partial charge in [0.25, 0.3) is 0 Å². The SMILES string of the molecule is C1=CCC(C2(c3c(-c4ccccc4)ccc4c3Cc3cc(-c5ccccc5)ccc3-4)CCCC2)=C1. The molecular formula is C35H30. The molecule has 0 nitrogen and oxygen atoms in total.